The Morgan fingerprint density at radius 1 is 1.16 bits per heavy atom. The van der Waals surface area contributed by atoms with Gasteiger partial charge < -0.3 is 34.3 Å². The molecule has 4 atom stereocenters. The Bertz CT molecular complexity index is 1140. The molecule has 4 aliphatic rings. The molecule has 38 heavy (non-hydrogen) atoms. The van der Waals surface area contributed by atoms with Crippen LogP contribution in [0.1, 0.15) is 69.4 Å². The molecule has 1 aromatic rings. The van der Waals surface area contributed by atoms with Crippen LogP contribution in [0, 0.1) is 0 Å². The molecule has 1 aromatic carbocycles. The largest absolute Gasteiger partial charge is 0.497 e. The van der Waals surface area contributed by atoms with E-state index in [0.29, 0.717) is 17.3 Å². The average molecular weight is 532 g/mol. The first kappa shape index (κ1) is 26.8. The van der Waals surface area contributed by atoms with E-state index < -0.39 is 41.2 Å². The molecule has 1 spiro atoms. The minimum absolute atomic E-state index is 0.146. The normalized spacial score (nSPS) is 27.4. The Morgan fingerprint density at radius 2 is 1.89 bits per heavy atom. The number of ether oxygens (including phenoxy) is 4. The van der Waals surface area contributed by atoms with Gasteiger partial charge in [0.2, 0.25) is 6.79 Å². The lowest BCUT2D eigenvalue weighted by molar-refractivity contribution is -0.178. The summed E-state index contributed by atoms with van der Waals surface area (Å²) in [5.74, 6) is -0.843. The predicted octanol–water partition coefficient (Wildman–Crippen LogP) is 2.49. The standard InChI is InChI=1S/C28H37NO9/c1-26(2,33)7-4-9-28(34,15-22(30)31)25(32)38-24-21(35-3)14-27-8-5-10-29(27)11-6-17-12-19-20(37-16-36-19)13-18(17)23(24)27/h12-14,23-24,33-34H,4-11,15-16H2,1-3H3,(H,30,31)/t23?,24-,27-,28-/m1/s1. The van der Waals surface area contributed by atoms with Gasteiger partial charge in [-0.15, -0.1) is 0 Å². The van der Waals surface area contributed by atoms with Gasteiger partial charge in [-0.05, 0) is 88.3 Å². The molecule has 1 saturated heterocycles. The summed E-state index contributed by atoms with van der Waals surface area (Å²) < 4.78 is 23.1. The summed E-state index contributed by atoms with van der Waals surface area (Å²) >= 11 is 0. The lowest BCUT2D eigenvalue weighted by Gasteiger charge is -2.39. The molecule has 1 unspecified atom stereocenters. The molecule has 3 aliphatic heterocycles. The Labute approximate surface area is 222 Å². The number of carboxylic acids is 1. The fraction of sp³-hybridized carbons (Fsp3) is 0.643. The van der Waals surface area contributed by atoms with Gasteiger partial charge in [-0.25, -0.2) is 4.79 Å². The van der Waals surface area contributed by atoms with Crippen molar-refractivity contribution in [3.05, 3.63) is 35.1 Å². The van der Waals surface area contributed by atoms with E-state index in [1.165, 1.54) is 7.11 Å². The maximum atomic E-state index is 13.6. The molecule has 5 rings (SSSR count). The van der Waals surface area contributed by atoms with Gasteiger partial charge in [0.05, 0.1) is 30.6 Å². The van der Waals surface area contributed by atoms with Gasteiger partial charge in [0, 0.05) is 6.54 Å². The Kier molecular flexibility index (Phi) is 6.86. The van der Waals surface area contributed by atoms with Gasteiger partial charge >= 0.3 is 11.9 Å². The highest BCUT2D eigenvalue weighted by Gasteiger charge is 2.59. The lowest BCUT2D eigenvalue weighted by atomic mass is 9.77. The van der Waals surface area contributed by atoms with Crippen molar-refractivity contribution >= 4 is 11.9 Å². The van der Waals surface area contributed by atoms with Crippen molar-refractivity contribution in [1.82, 2.24) is 4.90 Å². The molecule has 0 bridgehead atoms. The third kappa shape index (κ3) is 4.74. The quantitative estimate of drug-likeness (QED) is 0.408. The molecule has 10 heteroatoms. The van der Waals surface area contributed by atoms with Gasteiger partial charge in [-0.1, -0.05) is 0 Å². The zero-order valence-electron chi connectivity index (χ0n) is 22.2. The zero-order chi connectivity index (χ0) is 27.3. The molecule has 0 amide bonds. The van der Waals surface area contributed by atoms with Gasteiger partial charge in [0.15, 0.2) is 23.2 Å². The molecular weight excluding hydrogens is 494 g/mol. The minimum Gasteiger partial charge on any atom is -0.497 e. The summed E-state index contributed by atoms with van der Waals surface area (Å²) in [5.41, 5.74) is -1.65. The van der Waals surface area contributed by atoms with E-state index in [1.807, 2.05) is 18.2 Å². The summed E-state index contributed by atoms with van der Waals surface area (Å²) in [6.07, 6.45) is 3.38. The molecule has 0 radical (unpaired) electrons. The van der Waals surface area contributed by atoms with E-state index in [-0.39, 0.29) is 32.0 Å². The van der Waals surface area contributed by atoms with Crippen LogP contribution in [-0.4, -0.2) is 82.0 Å². The SMILES string of the molecule is COC1=C[C@@]23CCCN2CCc2cc4c(cc2C3[C@@H]1OC(=O)[C@@](O)(CCCC(C)(C)O)CC(=O)O)OCO4. The number of hydrogen-bond donors (Lipinski definition) is 3. The minimum atomic E-state index is -2.25. The van der Waals surface area contributed by atoms with Crippen LogP contribution in [0.15, 0.2) is 24.0 Å². The molecule has 10 nitrogen and oxygen atoms in total. The van der Waals surface area contributed by atoms with Gasteiger partial charge in [0.25, 0.3) is 0 Å². The van der Waals surface area contributed by atoms with Crippen molar-refractivity contribution in [3.8, 4) is 11.5 Å². The number of fused-ring (bicyclic) bond motifs is 3. The van der Waals surface area contributed by atoms with Crippen LogP contribution in [0.3, 0.4) is 0 Å². The van der Waals surface area contributed by atoms with Crippen molar-refractivity contribution in [2.45, 2.75) is 87.6 Å². The number of benzene rings is 1. The molecule has 208 valence electrons. The summed E-state index contributed by atoms with van der Waals surface area (Å²) in [7, 11) is 1.53. The van der Waals surface area contributed by atoms with E-state index in [2.05, 4.69) is 4.90 Å². The lowest BCUT2D eigenvalue weighted by Crippen LogP contribution is -2.49. The number of carbonyl (C=O) groups excluding carboxylic acids is 1. The number of aliphatic carboxylic acids is 1. The second kappa shape index (κ2) is 9.73. The topological polar surface area (TPSA) is 135 Å². The summed E-state index contributed by atoms with van der Waals surface area (Å²) in [6.45, 7) is 5.10. The highest BCUT2D eigenvalue weighted by Crippen LogP contribution is 2.55. The van der Waals surface area contributed by atoms with E-state index >= 15 is 0 Å². The molecule has 3 N–H and O–H groups in total. The number of carbonyl (C=O) groups is 2. The Morgan fingerprint density at radius 3 is 2.58 bits per heavy atom. The monoisotopic (exact) mass is 531 g/mol. The van der Waals surface area contributed by atoms with Crippen LogP contribution < -0.4 is 9.47 Å². The van der Waals surface area contributed by atoms with Crippen LogP contribution in [0.4, 0.5) is 0 Å². The maximum absolute atomic E-state index is 13.6. The second-order valence-electron chi connectivity index (χ2n) is 11.6. The number of carboxylic acid groups (broad SMARTS) is 1. The van der Waals surface area contributed by atoms with Crippen molar-refractivity contribution in [2.75, 3.05) is 27.0 Å². The second-order valence-corrected chi connectivity index (χ2v) is 11.6. The highest BCUT2D eigenvalue weighted by molar-refractivity contribution is 5.85. The molecule has 0 aromatic heterocycles. The van der Waals surface area contributed by atoms with Crippen LogP contribution in [-0.2, 0) is 25.5 Å². The van der Waals surface area contributed by atoms with Gasteiger partial charge in [-0.3, -0.25) is 9.69 Å². The first-order valence-electron chi connectivity index (χ1n) is 13.3. The number of nitrogens with zero attached hydrogens (tertiary/aromatic N) is 1. The van der Waals surface area contributed by atoms with Crippen molar-refractivity contribution in [1.29, 1.82) is 0 Å². The zero-order valence-corrected chi connectivity index (χ0v) is 22.2. The molecule has 0 saturated carbocycles. The van der Waals surface area contributed by atoms with E-state index in [9.17, 15) is 24.9 Å². The van der Waals surface area contributed by atoms with Crippen LogP contribution in [0.5, 0.6) is 11.5 Å². The van der Waals surface area contributed by atoms with Crippen LogP contribution in [0.25, 0.3) is 0 Å². The number of aliphatic hydroxyl groups is 2. The number of rotatable bonds is 9. The third-order valence-corrected chi connectivity index (χ3v) is 8.40. The smallest absolute Gasteiger partial charge is 0.339 e. The average Bonchev–Trinajstić information content (AvgIpc) is 3.51. The van der Waals surface area contributed by atoms with Crippen LogP contribution >= 0.6 is 0 Å². The van der Waals surface area contributed by atoms with Gasteiger partial charge in [-0.2, -0.15) is 0 Å². The summed E-state index contributed by atoms with van der Waals surface area (Å²) in [4.78, 5) is 27.6. The maximum Gasteiger partial charge on any atom is 0.339 e. The van der Waals surface area contributed by atoms with Crippen LogP contribution in [0.2, 0.25) is 0 Å². The summed E-state index contributed by atoms with van der Waals surface area (Å²) in [5, 5.41) is 30.9. The van der Waals surface area contributed by atoms with Crippen molar-refractivity contribution < 1.29 is 43.9 Å². The van der Waals surface area contributed by atoms with Gasteiger partial charge in [0.1, 0.15) is 5.76 Å². The fourth-order valence-corrected chi connectivity index (χ4v) is 6.65. The van der Waals surface area contributed by atoms with Crippen molar-refractivity contribution in [3.63, 3.8) is 0 Å². The van der Waals surface area contributed by atoms with E-state index in [1.54, 1.807) is 13.8 Å². The molecule has 1 aliphatic carbocycles. The van der Waals surface area contributed by atoms with E-state index in [0.717, 1.165) is 43.5 Å². The first-order valence-corrected chi connectivity index (χ1v) is 13.3. The fourth-order valence-electron chi connectivity index (χ4n) is 6.65. The van der Waals surface area contributed by atoms with Crippen molar-refractivity contribution in [2.24, 2.45) is 0 Å². The Hall–Kier alpha value is -2.82. The first-order chi connectivity index (χ1) is 18.0. The highest BCUT2D eigenvalue weighted by atomic mass is 16.7. The number of esters is 1. The Balaban J connectivity index is 1.50. The van der Waals surface area contributed by atoms with E-state index in [4.69, 9.17) is 18.9 Å². The number of methoxy groups -OCH3 is 1. The molecule has 1 fully saturated rings. The third-order valence-electron chi connectivity index (χ3n) is 8.40. The summed E-state index contributed by atoms with van der Waals surface area (Å²) in [6, 6.07) is 3.96. The predicted molar refractivity (Wildman–Crippen MR) is 135 cm³/mol. The molecular formula is C28H37NO9. The number of hydrogen-bond acceptors (Lipinski definition) is 9. The molecule has 3 heterocycles.